The van der Waals surface area contributed by atoms with E-state index < -0.39 is 0 Å². The fourth-order valence-electron chi connectivity index (χ4n) is 1.34. The molecule has 0 atom stereocenters. The van der Waals surface area contributed by atoms with Gasteiger partial charge in [-0.3, -0.25) is 9.59 Å². The number of hydrogen-bond acceptors (Lipinski definition) is 2. The zero-order valence-corrected chi connectivity index (χ0v) is 10.3. The number of aldehydes is 1. The van der Waals surface area contributed by atoms with Crippen molar-refractivity contribution in [1.29, 1.82) is 0 Å². The molecule has 0 unspecified atom stereocenters. The molecule has 2 rings (SSSR count). The summed E-state index contributed by atoms with van der Waals surface area (Å²) in [6.45, 7) is 0. The number of halogens is 1. The van der Waals surface area contributed by atoms with Crippen molar-refractivity contribution >= 4 is 33.8 Å². The predicted molar refractivity (Wildman–Crippen MR) is 68.3 cm³/mol. The van der Waals surface area contributed by atoms with Crippen molar-refractivity contribution in [3.05, 3.63) is 52.3 Å². The van der Waals surface area contributed by atoms with Crippen LogP contribution in [0.25, 0.3) is 0 Å². The number of H-pyrrole nitrogens is 1. The van der Waals surface area contributed by atoms with Gasteiger partial charge >= 0.3 is 0 Å². The third-order valence-electron chi connectivity index (χ3n) is 2.18. The SMILES string of the molecule is O=Cc1ccc(C(=O)Nc2ccc(Br)cc2)[nH]1. The molecular weight excluding hydrogens is 284 g/mol. The first-order valence-electron chi connectivity index (χ1n) is 4.90. The maximum absolute atomic E-state index is 11.8. The summed E-state index contributed by atoms with van der Waals surface area (Å²) < 4.78 is 0.943. The highest BCUT2D eigenvalue weighted by atomic mass is 79.9. The molecule has 1 aromatic heterocycles. The lowest BCUT2D eigenvalue weighted by atomic mass is 10.3. The van der Waals surface area contributed by atoms with E-state index in [9.17, 15) is 9.59 Å². The Bertz CT molecular complexity index is 546. The minimum absolute atomic E-state index is 0.277. The summed E-state index contributed by atoms with van der Waals surface area (Å²) in [5.41, 5.74) is 1.43. The van der Waals surface area contributed by atoms with Crippen LogP contribution in [0.1, 0.15) is 21.0 Å². The average Bonchev–Trinajstić information content (AvgIpc) is 2.81. The van der Waals surface area contributed by atoms with E-state index >= 15 is 0 Å². The Balaban J connectivity index is 2.11. The van der Waals surface area contributed by atoms with E-state index in [1.54, 1.807) is 24.3 Å². The van der Waals surface area contributed by atoms with E-state index in [2.05, 4.69) is 26.2 Å². The van der Waals surface area contributed by atoms with Crippen LogP contribution in [0.15, 0.2) is 40.9 Å². The molecule has 0 bridgehead atoms. The van der Waals surface area contributed by atoms with Crippen LogP contribution in [0.3, 0.4) is 0 Å². The van der Waals surface area contributed by atoms with Gasteiger partial charge in [0.15, 0.2) is 6.29 Å². The number of carbonyl (C=O) groups excluding carboxylic acids is 2. The number of benzene rings is 1. The monoisotopic (exact) mass is 292 g/mol. The minimum atomic E-state index is -0.277. The Morgan fingerprint density at radius 2 is 1.88 bits per heavy atom. The molecule has 2 N–H and O–H groups in total. The van der Waals surface area contributed by atoms with Gasteiger partial charge in [0.25, 0.3) is 5.91 Å². The number of nitrogens with one attached hydrogen (secondary N) is 2. The van der Waals surface area contributed by atoms with Crippen molar-refractivity contribution in [2.45, 2.75) is 0 Å². The zero-order valence-electron chi connectivity index (χ0n) is 8.74. The highest BCUT2D eigenvalue weighted by Crippen LogP contribution is 2.14. The standard InChI is InChI=1S/C12H9BrN2O2/c13-8-1-3-9(4-2-8)15-12(17)11-6-5-10(7-16)14-11/h1-7,14H,(H,15,17). The Morgan fingerprint density at radius 1 is 1.18 bits per heavy atom. The molecule has 0 aliphatic heterocycles. The Hall–Kier alpha value is -1.88. The molecule has 1 heterocycles. The molecular formula is C12H9BrN2O2. The van der Waals surface area contributed by atoms with E-state index in [1.165, 1.54) is 0 Å². The lowest BCUT2D eigenvalue weighted by Gasteiger charge is -2.03. The number of carbonyl (C=O) groups is 2. The van der Waals surface area contributed by atoms with Crippen molar-refractivity contribution in [1.82, 2.24) is 4.98 Å². The van der Waals surface area contributed by atoms with Gasteiger partial charge < -0.3 is 10.3 Å². The van der Waals surface area contributed by atoms with Crippen molar-refractivity contribution in [2.75, 3.05) is 5.32 Å². The molecule has 86 valence electrons. The maximum atomic E-state index is 11.8. The molecule has 1 amide bonds. The van der Waals surface area contributed by atoms with Crippen molar-refractivity contribution in [3.63, 3.8) is 0 Å². The molecule has 2 aromatic rings. The van der Waals surface area contributed by atoms with E-state index in [0.717, 1.165) is 4.47 Å². The highest BCUT2D eigenvalue weighted by molar-refractivity contribution is 9.10. The summed E-state index contributed by atoms with van der Waals surface area (Å²) >= 11 is 3.31. The predicted octanol–water partition coefficient (Wildman–Crippen LogP) is 2.84. The van der Waals surface area contributed by atoms with Crippen molar-refractivity contribution in [3.8, 4) is 0 Å². The number of anilines is 1. The molecule has 17 heavy (non-hydrogen) atoms. The molecule has 0 spiro atoms. The van der Waals surface area contributed by atoms with Crippen molar-refractivity contribution in [2.24, 2.45) is 0 Å². The van der Waals surface area contributed by atoms with Crippen LogP contribution in [0.4, 0.5) is 5.69 Å². The molecule has 4 nitrogen and oxygen atoms in total. The Morgan fingerprint density at radius 3 is 2.47 bits per heavy atom. The molecule has 0 radical (unpaired) electrons. The fourth-order valence-corrected chi connectivity index (χ4v) is 1.61. The van der Waals surface area contributed by atoms with Crippen LogP contribution in [-0.2, 0) is 0 Å². The van der Waals surface area contributed by atoms with Gasteiger partial charge in [0, 0.05) is 10.2 Å². The van der Waals surface area contributed by atoms with Crippen LogP contribution < -0.4 is 5.32 Å². The minimum Gasteiger partial charge on any atom is -0.348 e. The summed E-state index contributed by atoms with van der Waals surface area (Å²) in [6.07, 6.45) is 0.663. The molecule has 5 heteroatoms. The molecule has 1 aromatic carbocycles. The number of rotatable bonds is 3. The Labute approximate surface area is 106 Å². The average molecular weight is 293 g/mol. The van der Waals surface area contributed by atoms with Gasteiger partial charge in [0.2, 0.25) is 0 Å². The van der Waals surface area contributed by atoms with Gasteiger partial charge in [-0.05, 0) is 36.4 Å². The number of aromatic amines is 1. The normalized spacial score (nSPS) is 9.94. The second-order valence-corrected chi connectivity index (χ2v) is 4.32. The summed E-state index contributed by atoms with van der Waals surface area (Å²) in [7, 11) is 0. The first kappa shape index (κ1) is 11.6. The quantitative estimate of drug-likeness (QED) is 0.855. The van der Waals surface area contributed by atoms with Gasteiger partial charge in [-0.15, -0.1) is 0 Å². The molecule has 0 saturated heterocycles. The zero-order chi connectivity index (χ0) is 12.3. The van der Waals surface area contributed by atoms with Crippen LogP contribution in [-0.4, -0.2) is 17.2 Å². The van der Waals surface area contributed by atoms with Crippen LogP contribution in [0.5, 0.6) is 0 Å². The smallest absolute Gasteiger partial charge is 0.272 e. The molecule has 0 fully saturated rings. The van der Waals surface area contributed by atoms with E-state index in [-0.39, 0.29) is 5.91 Å². The molecule has 0 aliphatic rings. The largest absolute Gasteiger partial charge is 0.348 e. The lowest BCUT2D eigenvalue weighted by molar-refractivity contribution is 0.102. The van der Waals surface area contributed by atoms with Gasteiger partial charge in [-0.2, -0.15) is 0 Å². The second-order valence-electron chi connectivity index (χ2n) is 3.41. The van der Waals surface area contributed by atoms with E-state index in [0.29, 0.717) is 23.4 Å². The van der Waals surface area contributed by atoms with Crippen LogP contribution in [0.2, 0.25) is 0 Å². The number of hydrogen-bond donors (Lipinski definition) is 2. The van der Waals surface area contributed by atoms with E-state index in [1.807, 2.05) is 12.1 Å². The van der Waals surface area contributed by atoms with Gasteiger partial charge in [-0.1, -0.05) is 15.9 Å². The van der Waals surface area contributed by atoms with Crippen LogP contribution in [0, 0.1) is 0 Å². The fraction of sp³-hybridized carbons (Fsp3) is 0. The number of aromatic nitrogens is 1. The summed E-state index contributed by atoms with van der Waals surface area (Å²) in [5, 5.41) is 2.72. The van der Waals surface area contributed by atoms with E-state index in [4.69, 9.17) is 0 Å². The maximum Gasteiger partial charge on any atom is 0.272 e. The van der Waals surface area contributed by atoms with Gasteiger partial charge in [0.1, 0.15) is 5.69 Å². The third kappa shape index (κ3) is 2.82. The Kier molecular flexibility index (Phi) is 3.39. The lowest BCUT2D eigenvalue weighted by Crippen LogP contribution is -2.12. The summed E-state index contributed by atoms with van der Waals surface area (Å²) in [6, 6.07) is 10.4. The summed E-state index contributed by atoms with van der Waals surface area (Å²) in [4.78, 5) is 24.9. The van der Waals surface area contributed by atoms with Crippen molar-refractivity contribution < 1.29 is 9.59 Å². The summed E-state index contributed by atoms with van der Waals surface area (Å²) in [5.74, 6) is -0.277. The van der Waals surface area contributed by atoms with Gasteiger partial charge in [0.05, 0.1) is 5.69 Å². The first-order valence-corrected chi connectivity index (χ1v) is 5.69. The third-order valence-corrected chi connectivity index (χ3v) is 2.71. The molecule has 0 saturated carbocycles. The second kappa shape index (κ2) is 4.97. The highest BCUT2D eigenvalue weighted by Gasteiger charge is 2.08. The number of amides is 1. The first-order chi connectivity index (χ1) is 8.19. The topological polar surface area (TPSA) is 62.0 Å². The van der Waals surface area contributed by atoms with Gasteiger partial charge in [-0.25, -0.2) is 0 Å². The van der Waals surface area contributed by atoms with Crippen LogP contribution >= 0.6 is 15.9 Å². The molecule has 0 aliphatic carbocycles.